The minimum absolute atomic E-state index is 0.0309. The van der Waals surface area contributed by atoms with Gasteiger partial charge in [-0.25, -0.2) is 0 Å². The van der Waals surface area contributed by atoms with Crippen molar-refractivity contribution in [2.24, 2.45) is 0 Å². The fourth-order valence-electron chi connectivity index (χ4n) is 3.59. The summed E-state index contributed by atoms with van der Waals surface area (Å²) in [6, 6.07) is 16.6. The normalized spacial score (nSPS) is 15.8. The molecule has 1 fully saturated rings. The van der Waals surface area contributed by atoms with Crippen molar-refractivity contribution in [2.75, 3.05) is 37.6 Å². The molecule has 3 N–H and O–H groups in total. The summed E-state index contributed by atoms with van der Waals surface area (Å²) in [5.74, 6) is 0.160. The van der Waals surface area contributed by atoms with Crippen molar-refractivity contribution in [3.05, 3.63) is 60.2 Å². The van der Waals surface area contributed by atoms with Gasteiger partial charge in [0.05, 0.1) is 37.9 Å². The van der Waals surface area contributed by atoms with Crippen molar-refractivity contribution in [1.82, 2.24) is 5.32 Å². The highest BCUT2D eigenvalue weighted by atomic mass is 16.3. The number of nitrogens with zero attached hydrogens (tertiary/aromatic N) is 1. The largest absolute Gasteiger partial charge is 0.506 e. The Morgan fingerprint density at radius 1 is 1.07 bits per heavy atom. The minimum Gasteiger partial charge on any atom is -0.506 e. The van der Waals surface area contributed by atoms with Gasteiger partial charge >= 0.3 is 0 Å². The fourth-order valence-corrected chi connectivity index (χ4v) is 3.59. The average molecular weight is 382 g/mol. The second kappa shape index (κ2) is 9.37. The van der Waals surface area contributed by atoms with E-state index < -0.39 is 6.04 Å². The number of ketones is 1. The number of quaternary nitrogens is 1. The lowest BCUT2D eigenvalue weighted by Crippen LogP contribution is -3.16. The molecule has 1 amide bonds. The van der Waals surface area contributed by atoms with Gasteiger partial charge < -0.3 is 20.2 Å². The maximum atomic E-state index is 12.5. The third-order valence-corrected chi connectivity index (χ3v) is 5.21. The number of phenolic OH excluding ortho intramolecular Hbond substituents is 1. The van der Waals surface area contributed by atoms with Gasteiger partial charge in [-0.1, -0.05) is 42.5 Å². The Balaban J connectivity index is 1.49. The lowest BCUT2D eigenvalue weighted by molar-refractivity contribution is -0.892. The first-order valence-electron chi connectivity index (χ1n) is 9.73. The molecule has 0 bridgehead atoms. The van der Waals surface area contributed by atoms with Crippen LogP contribution in [0.3, 0.4) is 0 Å². The first-order valence-corrected chi connectivity index (χ1v) is 9.73. The fraction of sp³-hybridized carbons (Fsp3) is 0.364. The topological polar surface area (TPSA) is 74.1 Å². The maximum absolute atomic E-state index is 12.5. The highest BCUT2D eigenvalue weighted by molar-refractivity contribution is 5.88. The Morgan fingerprint density at radius 3 is 2.36 bits per heavy atom. The molecule has 6 heteroatoms. The Bertz CT molecular complexity index is 802. The van der Waals surface area contributed by atoms with E-state index in [1.54, 1.807) is 6.07 Å². The highest BCUT2D eigenvalue weighted by Gasteiger charge is 2.25. The van der Waals surface area contributed by atoms with Gasteiger partial charge in [0.15, 0.2) is 12.3 Å². The van der Waals surface area contributed by atoms with Crippen molar-refractivity contribution in [3.63, 3.8) is 0 Å². The quantitative estimate of drug-likeness (QED) is 0.649. The molecule has 0 saturated carbocycles. The van der Waals surface area contributed by atoms with Gasteiger partial charge in [0.1, 0.15) is 5.75 Å². The van der Waals surface area contributed by atoms with E-state index in [-0.39, 0.29) is 17.4 Å². The molecule has 0 unspecified atom stereocenters. The van der Waals surface area contributed by atoms with E-state index in [1.165, 1.54) is 11.8 Å². The van der Waals surface area contributed by atoms with Crippen LogP contribution in [0, 0.1) is 0 Å². The monoisotopic (exact) mass is 382 g/mol. The SMILES string of the molecule is CC(=O)[C@@H](Cc1ccccc1)NC(=O)C[NH+]1CCN(c2ccccc2O)CC1. The van der Waals surface area contributed by atoms with Gasteiger partial charge in [0, 0.05) is 0 Å². The predicted molar refractivity (Wildman–Crippen MR) is 109 cm³/mol. The van der Waals surface area contributed by atoms with Crippen molar-refractivity contribution < 1.29 is 19.6 Å². The van der Waals surface area contributed by atoms with Crippen LogP contribution in [0.1, 0.15) is 12.5 Å². The number of carbonyl (C=O) groups excluding carboxylic acids is 2. The number of nitrogens with one attached hydrogen (secondary N) is 2. The third kappa shape index (κ3) is 5.33. The zero-order valence-electron chi connectivity index (χ0n) is 16.2. The summed E-state index contributed by atoms with van der Waals surface area (Å²) in [6.07, 6.45) is 0.512. The van der Waals surface area contributed by atoms with E-state index in [2.05, 4.69) is 10.2 Å². The molecule has 3 rings (SSSR count). The second-order valence-electron chi connectivity index (χ2n) is 7.32. The Hall–Kier alpha value is -2.86. The van der Waals surface area contributed by atoms with Crippen LogP contribution >= 0.6 is 0 Å². The van der Waals surface area contributed by atoms with Crippen LogP contribution in [0.25, 0.3) is 0 Å². The number of piperazine rings is 1. The number of para-hydroxylation sites is 2. The number of hydrogen-bond donors (Lipinski definition) is 3. The van der Waals surface area contributed by atoms with Crippen molar-refractivity contribution >= 4 is 17.4 Å². The summed E-state index contributed by atoms with van der Waals surface area (Å²) >= 11 is 0. The van der Waals surface area contributed by atoms with Crippen LogP contribution in [0.15, 0.2) is 54.6 Å². The molecular weight excluding hydrogens is 354 g/mol. The van der Waals surface area contributed by atoms with Gasteiger partial charge in [0.2, 0.25) is 0 Å². The first kappa shape index (κ1) is 19.9. The van der Waals surface area contributed by atoms with Crippen LogP contribution in [0.4, 0.5) is 5.69 Å². The zero-order chi connectivity index (χ0) is 19.9. The van der Waals surface area contributed by atoms with Crippen LogP contribution in [-0.4, -0.2) is 55.6 Å². The second-order valence-corrected chi connectivity index (χ2v) is 7.32. The number of aromatic hydroxyl groups is 1. The van der Waals surface area contributed by atoms with Crippen LogP contribution < -0.4 is 15.1 Å². The molecule has 0 aromatic heterocycles. The van der Waals surface area contributed by atoms with E-state index in [0.717, 1.165) is 37.4 Å². The van der Waals surface area contributed by atoms with E-state index in [0.29, 0.717) is 13.0 Å². The average Bonchev–Trinajstić information content (AvgIpc) is 2.69. The van der Waals surface area contributed by atoms with Crippen molar-refractivity contribution in [1.29, 1.82) is 0 Å². The summed E-state index contributed by atoms with van der Waals surface area (Å²) in [5, 5.41) is 12.9. The Labute approximate surface area is 165 Å². The third-order valence-electron chi connectivity index (χ3n) is 5.21. The number of rotatable bonds is 7. The smallest absolute Gasteiger partial charge is 0.275 e. The van der Waals surface area contributed by atoms with Crippen LogP contribution in [0.5, 0.6) is 5.75 Å². The molecule has 0 radical (unpaired) electrons. The van der Waals surface area contributed by atoms with E-state index in [1.807, 2.05) is 48.5 Å². The molecular formula is C22H28N3O3+. The summed E-state index contributed by atoms with van der Waals surface area (Å²) < 4.78 is 0. The first-order chi connectivity index (χ1) is 13.5. The van der Waals surface area contributed by atoms with Gasteiger partial charge in [-0.15, -0.1) is 0 Å². The van der Waals surface area contributed by atoms with Gasteiger partial charge in [0.25, 0.3) is 5.91 Å². The standard InChI is InChI=1S/C22H27N3O3/c1-17(26)19(15-18-7-3-2-4-8-18)23-22(28)16-24-11-13-25(14-12-24)20-9-5-6-10-21(20)27/h2-10,19,27H,11-16H2,1H3,(H,23,28)/p+1/t19-/m1/s1. The summed E-state index contributed by atoms with van der Waals surface area (Å²) in [5.41, 5.74) is 1.87. The Kier molecular flexibility index (Phi) is 6.66. The number of anilines is 1. The summed E-state index contributed by atoms with van der Waals surface area (Å²) in [6.45, 7) is 5.05. The molecule has 2 aromatic carbocycles. The number of carbonyl (C=O) groups is 2. The minimum atomic E-state index is -0.489. The molecule has 0 spiro atoms. The van der Waals surface area contributed by atoms with E-state index in [4.69, 9.17) is 0 Å². The summed E-state index contributed by atoms with van der Waals surface area (Å²) in [4.78, 5) is 27.8. The molecule has 1 atom stereocenters. The van der Waals surface area contributed by atoms with E-state index in [9.17, 15) is 14.7 Å². The molecule has 0 aliphatic carbocycles. The van der Waals surface area contributed by atoms with Gasteiger partial charge in [-0.3, -0.25) is 9.59 Å². The number of benzene rings is 2. The Morgan fingerprint density at radius 2 is 1.71 bits per heavy atom. The molecule has 6 nitrogen and oxygen atoms in total. The van der Waals surface area contributed by atoms with Crippen LogP contribution in [-0.2, 0) is 16.0 Å². The number of Topliss-reactive ketones (excluding diaryl/α,β-unsaturated/α-hetero) is 1. The number of phenols is 1. The van der Waals surface area contributed by atoms with Crippen LogP contribution in [0.2, 0.25) is 0 Å². The summed E-state index contributed by atoms with van der Waals surface area (Å²) in [7, 11) is 0. The predicted octanol–water partition coefficient (Wildman–Crippen LogP) is 0.414. The molecule has 1 saturated heterocycles. The number of hydrogen-bond acceptors (Lipinski definition) is 4. The van der Waals surface area contributed by atoms with E-state index >= 15 is 0 Å². The molecule has 148 valence electrons. The van der Waals surface area contributed by atoms with Crippen molar-refractivity contribution in [3.8, 4) is 5.75 Å². The maximum Gasteiger partial charge on any atom is 0.275 e. The highest BCUT2D eigenvalue weighted by Crippen LogP contribution is 2.25. The zero-order valence-corrected chi connectivity index (χ0v) is 16.2. The molecule has 1 aliphatic rings. The molecule has 28 heavy (non-hydrogen) atoms. The molecule has 2 aromatic rings. The van der Waals surface area contributed by atoms with Gasteiger partial charge in [-0.2, -0.15) is 0 Å². The molecule has 1 heterocycles. The lowest BCUT2D eigenvalue weighted by atomic mass is 10.0. The molecule has 1 aliphatic heterocycles. The van der Waals surface area contributed by atoms with Gasteiger partial charge in [-0.05, 0) is 31.0 Å². The lowest BCUT2D eigenvalue weighted by Gasteiger charge is -2.33. The van der Waals surface area contributed by atoms with Crippen molar-refractivity contribution in [2.45, 2.75) is 19.4 Å². The number of amides is 1.